The van der Waals surface area contributed by atoms with Crippen molar-refractivity contribution in [2.24, 2.45) is 0 Å². The van der Waals surface area contributed by atoms with Crippen LogP contribution in [0.5, 0.6) is 0 Å². The SMILES string of the molecule is C/C(=C\CC[C@@](C)(O)[C@H](O)CO)CCC[C@@](C)(O)CCC[C@@](C)(O)CCC[C@@](C)(O)CCC[C@@](C)(O)CCC[C@@](C)(O)CCC[C@@](C)(O)CCC[C@@](C)(O)CCC[C@@](C)(O)CCCC(C)(C)O. The van der Waals surface area contributed by atoms with Gasteiger partial charge in [-0.05, 0) is 269 Å². The van der Waals surface area contributed by atoms with Gasteiger partial charge in [-0.2, -0.15) is 0 Å². The first-order valence-electron chi connectivity index (χ1n) is 26.4. The number of aliphatic hydroxyl groups excluding tert-OH is 2. The van der Waals surface area contributed by atoms with Crippen LogP contribution in [0.3, 0.4) is 0 Å². The molecule has 0 aromatic heterocycles. The second kappa shape index (κ2) is 29.1. The fourth-order valence-electron chi connectivity index (χ4n) is 9.68. The summed E-state index contributed by atoms with van der Waals surface area (Å²) < 4.78 is 0. The largest absolute Gasteiger partial charge is 0.394 e. The lowest BCUT2D eigenvalue weighted by Crippen LogP contribution is -2.41. The van der Waals surface area contributed by atoms with Gasteiger partial charge < -0.3 is 61.3 Å². The van der Waals surface area contributed by atoms with Crippen LogP contribution in [-0.4, -0.2) is 130 Å². The summed E-state index contributed by atoms with van der Waals surface area (Å²) in [6, 6.07) is 0. The molecule has 0 rings (SSSR count). The molecule has 0 amide bonds. The van der Waals surface area contributed by atoms with Gasteiger partial charge in [0.25, 0.3) is 0 Å². The summed E-state index contributed by atoms with van der Waals surface area (Å²) in [7, 11) is 0. The lowest BCUT2D eigenvalue weighted by molar-refractivity contribution is -0.0866. The van der Waals surface area contributed by atoms with E-state index in [0.29, 0.717) is 167 Å². The molecule has 12 nitrogen and oxygen atoms in total. The summed E-state index contributed by atoms with van der Waals surface area (Å²) in [6.07, 6.45) is 18.2. The van der Waals surface area contributed by atoms with Gasteiger partial charge >= 0.3 is 0 Å². The molecule has 0 saturated heterocycles. The maximum atomic E-state index is 11.1. The standard InChI is InChI=1S/C55H110O12/c1-44(24-14-42-55(12,67)45(57)43-56)23-13-26-47(4,59)28-16-30-49(6,61)32-18-34-51(8,63)36-20-38-53(10,65)40-22-41-54(11,66)39-21-37-52(9,64)35-19-33-50(7,62)31-17-29-48(5,60)27-15-25-46(2,3)58/h24,45,56-67H,13-23,25-43H2,1-12H3/b44-24+/t45-,47-,48+,49-,50+,51-,52+,53-,54+,55-/m1/s1. The topological polar surface area (TPSA) is 243 Å². The Labute approximate surface area is 409 Å². The molecule has 0 radical (unpaired) electrons. The van der Waals surface area contributed by atoms with Crippen molar-refractivity contribution in [1.82, 2.24) is 0 Å². The molecule has 0 aliphatic carbocycles. The molecule has 0 unspecified atom stereocenters. The second-order valence-corrected chi connectivity index (χ2v) is 25.1. The molecule has 0 saturated carbocycles. The van der Waals surface area contributed by atoms with Crippen LogP contribution in [0.1, 0.15) is 269 Å². The zero-order valence-corrected chi connectivity index (χ0v) is 45.2. The Bertz CT molecular complexity index is 1340. The molecule has 0 aromatic rings. The molecule has 0 bridgehead atoms. The van der Waals surface area contributed by atoms with Crippen molar-refractivity contribution >= 4 is 0 Å². The van der Waals surface area contributed by atoms with Crippen LogP contribution in [-0.2, 0) is 0 Å². The van der Waals surface area contributed by atoms with Gasteiger partial charge in [0.15, 0.2) is 0 Å². The summed E-state index contributed by atoms with van der Waals surface area (Å²) in [5.74, 6) is 0. The van der Waals surface area contributed by atoms with Gasteiger partial charge in [0.1, 0.15) is 6.10 Å². The van der Waals surface area contributed by atoms with E-state index >= 15 is 0 Å². The smallest absolute Gasteiger partial charge is 0.105 e. The van der Waals surface area contributed by atoms with Gasteiger partial charge in [-0.1, -0.05) is 11.6 Å². The number of allylic oxidation sites excluding steroid dienone is 2. The van der Waals surface area contributed by atoms with Crippen molar-refractivity contribution in [3.63, 3.8) is 0 Å². The Hall–Kier alpha value is -0.740. The number of hydrogen-bond donors (Lipinski definition) is 12. The van der Waals surface area contributed by atoms with Gasteiger partial charge in [0.05, 0.1) is 62.6 Å². The van der Waals surface area contributed by atoms with E-state index in [1.807, 2.05) is 68.4 Å². The molecular weight excluding hydrogens is 853 g/mol. The van der Waals surface area contributed by atoms with E-state index in [2.05, 4.69) is 0 Å². The molecule has 0 aliphatic heterocycles. The zero-order valence-electron chi connectivity index (χ0n) is 45.2. The average molecular weight is 963 g/mol. The van der Waals surface area contributed by atoms with Gasteiger partial charge in [-0.25, -0.2) is 0 Å². The van der Waals surface area contributed by atoms with Gasteiger partial charge in [0.2, 0.25) is 0 Å². The van der Waals surface area contributed by atoms with Crippen molar-refractivity contribution < 1.29 is 61.3 Å². The van der Waals surface area contributed by atoms with E-state index in [9.17, 15) is 56.2 Å². The fourth-order valence-corrected chi connectivity index (χ4v) is 9.68. The molecular formula is C55H110O12. The van der Waals surface area contributed by atoms with Crippen molar-refractivity contribution in [2.45, 2.75) is 331 Å². The van der Waals surface area contributed by atoms with Crippen LogP contribution >= 0.6 is 0 Å². The first kappa shape index (κ1) is 66.3. The summed E-state index contributed by atoms with van der Waals surface area (Å²) >= 11 is 0. The maximum Gasteiger partial charge on any atom is 0.105 e. The molecule has 0 aliphatic rings. The third-order valence-electron chi connectivity index (χ3n) is 14.8. The quantitative estimate of drug-likeness (QED) is 0.0257. The molecule has 12 heteroatoms. The molecule has 0 fully saturated rings. The Kier molecular flexibility index (Phi) is 28.8. The highest BCUT2D eigenvalue weighted by atomic mass is 16.4. The third kappa shape index (κ3) is 35.9. The minimum absolute atomic E-state index is 0.341. The number of rotatable bonds is 41. The monoisotopic (exact) mass is 963 g/mol. The second-order valence-electron chi connectivity index (χ2n) is 25.1. The summed E-state index contributed by atoms with van der Waals surface area (Å²) in [5.41, 5.74) is -8.10. The molecule has 10 atom stereocenters. The highest BCUT2D eigenvalue weighted by Crippen LogP contribution is 2.33. The van der Waals surface area contributed by atoms with Gasteiger partial charge in [-0.15, -0.1) is 0 Å². The Morgan fingerprint density at radius 2 is 0.552 bits per heavy atom. The molecule has 67 heavy (non-hydrogen) atoms. The zero-order chi connectivity index (χ0) is 52.1. The Morgan fingerprint density at radius 3 is 0.761 bits per heavy atom. The first-order valence-corrected chi connectivity index (χ1v) is 26.4. The van der Waals surface area contributed by atoms with E-state index < -0.39 is 68.7 Å². The van der Waals surface area contributed by atoms with E-state index in [1.165, 1.54) is 6.92 Å². The third-order valence-corrected chi connectivity index (χ3v) is 14.8. The fraction of sp³-hybridized carbons (Fsp3) is 0.964. The molecule has 402 valence electrons. The lowest BCUT2D eigenvalue weighted by Gasteiger charge is -2.31. The van der Waals surface area contributed by atoms with E-state index in [0.717, 1.165) is 24.8 Å². The number of aliphatic hydroxyl groups is 12. The Morgan fingerprint density at radius 1 is 0.343 bits per heavy atom. The molecule has 0 spiro atoms. The summed E-state index contributed by atoms with van der Waals surface area (Å²) in [5, 5.41) is 127. The number of hydrogen-bond acceptors (Lipinski definition) is 12. The Balaban J connectivity index is 4.44. The van der Waals surface area contributed by atoms with Crippen LogP contribution in [0.15, 0.2) is 11.6 Å². The molecule has 0 heterocycles. The van der Waals surface area contributed by atoms with Crippen molar-refractivity contribution in [1.29, 1.82) is 0 Å². The maximum absolute atomic E-state index is 11.1. The highest BCUT2D eigenvalue weighted by Gasteiger charge is 2.32. The van der Waals surface area contributed by atoms with Crippen LogP contribution < -0.4 is 0 Å². The lowest BCUT2D eigenvalue weighted by atomic mass is 9.83. The van der Waals surface area contributed by atoms with Crippen LogP contribution in [0.2, 0.25) is 0 Å². The molecule has 12 N–H and O–H groups in total. The van der Waals surface area contributed by atoms with Crippen LogP contribution in [0.25, 0.3) is 0 Å². The first-order chi connectivity index (χ1) is 30.2. The van der Waals surface area contributed by atoms with Crippen LogP contribution in [0.4, 0.5) is 0 Å². The van der Waals surface area contributed by atoms with Crippen molar-refractivity contribution in [2.75, 3.05) is 6.61 Å². The van der Waals surface area contributed by atoms with Gasteiger partial charge in [-0.3, -0.25) is 0 Å². The van der Waals surface area contributed by atoms with Gasteiger partial charge in [0, 0.05) is 0 Å². The summed E-state index contributed by atoms with van der Waals surface area (Å²) in [4.78, 5) is 0. The minimum atomic E-state index is -1.34. The van der Waals surface area contributed by atoms with E-state index in [4.69, 9.17) is 5.11 Å². The summed E-state index contributed by atoms with van der Waals surface area (Å²) in [6.45, 7) is 21.1. The predicted molar refractivity (Wildman–Crippen MR) is 273 cm³/mol. The van der Waals surface area contributed by atoms with Crippen LogP contribution in [0, 0.1) is 0 Å². The van der Waals surface area contributed by atoms with Crippen molar-refractivity contribution in [3.8, 4) is 0 Å². The molecule has 0 aromatic carbocycles. The van der Waals surface area contributed by atoms with E-state index in [1.54, 1.807) is 13.8 Å². The van der Waals surface area contributed by atoms with E-state index in [-0.39, 0.29) is 0 Å². The average Bonchev–Trinajstić information content (AvgIpc) is 3.12. The minimum Gasteiger partial charge on any atom is -0.394 e. The predicted octanol–water partition coefficient (Wildman–Crippen LogP) is 9.13. The van der Waals surface area contributed by atoms with Crippen molar-refractivity contribution in [3.05, 3.63) is 11.6 Å². The highest BCUT2D eigenvalue weighted by molar-refractivity contribution is 4.99. The normalized spacial score (nSPS) is 21.6.